The minimum atomic E-state index is -0.735. The van der Waals surface area contributed by atoms with Crippen LogP contribution in [0.3, 0.4) is 0 Å². The lowest BCUT2D eigenvalue weighted by molar-refractivity contribution is -0.137. The van der Waals surface area contributed by atoms with Crippen LogP contribution < -0.4 is 9.47 Å². The van der Waals surface area contributed by atoms with Gasteiger partial charge in [-0.2, -0.15) is 5.26 Å². The van der Waals surface area contributed by atoms with Gasteiger partial charge in [-0.15, -0.1) is 0 Å². The second kappa shape index (κ2) is 9.20. The van der Waals surface area contributed by atoms with Gasteiger partial charge in [-0.25, -0.2) is 9.59 Å². The SMILES string of the molecule is COC(=O)/C(C#N)=C/c1cccc(OC(=O)COc2ccc(C)c(C)c2)c1. The molecule has 2 rings (SSSR count). The highest BCUT2D eigenvalue weighted by molar-refractivity contribution is 5.97. The molecule has 0 bridgehead atoms. The Hall–Kier alpha value is -3.59. The number of aryl methyl sites for hydroxylation is 2. The maximum atomic E-state index is 12.0. The number of carbonyl (C=O) groups excluding carboxylic acids is 2. The quantitative estimate of drug-likeness (QED) is 0.338. The monoisotopic (exact) mass is 365 g/mol. The molecule has 0 radical (unpaired) electrons. The molecule has 0 saturated heterocycles. The second-order valence-electron chi connectivity index (χ2n) is 5.74. The van der Waals surface area contributed by atoms with E-state index in [2.05, 4.69) is 4.74 Å². The molecule has 0 aromatic heterocycles. The Kier molecular flexibility index (Phi) is 6.73. The van der Waals surface area contributed by atoms with E-state index in [1.165, 1.54) is 19.3 Å². The van der Waals surface area contributed by atoms with Crippen molar-refractivity contribution in [1.29, 1.82) is 5.26 Å². The van der Waals surface area contributed by atoms with Crippen LogP contribution >= 0.6 is 0 Å². The van der Waals surface area contributed by atoms with Crippen molar-refractivity contribution in [2.24, 2.45) is 0 Å². The Labute approximate surface area is 157 Å². The zero-order valence-electron chi connectivity index (χ0n) is 15.3. The van der Waals surface area contributed by atoms with Gasteiger partial charge in [0.05, 0.1) is 7.11 Å². The summed E-state index contributed by atoms with van der Waals surface area (Å²) in [4.78, 5) is 23.5. The van der Waals surface area contributed by atoms with Crippen LogP contribution in [-0.4, -0.2) is 25.7 Å². The molecule has 138 valence electrons. The molecule has 0 amide bonds. The van der Waals surface area contributed by atoms with Gasteiger partial charge in [0.2, 0.25) is 0 Å². The number of methoxy groups -OCH3 is 1. The zero-order chi connectivity index (χ0) is 19.8. The van der Waals surface area contributed by atoms with E-state index in [1.807, 2.05) is 26.0 Å². The maximum Gasteiger partial charge on any atom is 0.349 e. The highest BCUT2D eigenvalue weighted by atomic mass is 16.6. The van der Waals surface area contributed by atoms with Crippen molar-refractivity contribution in [1.82, 2.24) is 0 Å². The third-order valence-electron chi connectivity index (χ3n) is 3.76. The molecule has 0 fully saturated rings. The van der Waals surface area contributed by atoms with E-state index in [9.17, 15) is 9.59 Å². The summed E-state index contributed by atoms with van der Waals surface area (Å²) in [5.41, 5.74) is 2.58. The van der Waals surface area contributed by atoms with Gasteiger partial charge in [-0.1, -0.05) is 18.2 Å². The largest absolute Gasteiger partial charge is 0.482 e. The highest BCUT2D eigenvalue weighted by Gasteiger charge is 2.10. The lowest BCUT2D eigenvalue weighted by Gasteiger charge is -2.09. The van der Waals surface area contributed by atoms with Gasteiger partial charge in [-0.3, -0.25) is 0 Å². The van der Waals surface area contributed by atoms with Gasteiger partial charge in [0.25, 0.3) is 0 Å². The minimum Gasteiger partial charge on any atom is -0.482 e. The van der Waals surface area contributed by atoms with Crippen molar-refractivity contribution in [2.75, 3.05) is 13.7 Å². The predicted molar refractivity (Wildman–Crippen MR) is 99.1 cm³/mol. The molecule has 27 heavy (non-hydrogen) atoms. The van der Waals surface area contributed by atoms with Crippen molar-refractivity contribution >= 4 is 18.0 Å². The summed E-state index contributed by atoms with van der Waals surface area (Å²) >= 11 is 0. The molecular weight excluding hydrogens is 346 g/mol. The Morgan fingerprint density at radius 1 is 1.07 bits per heavy atom. The van der Waals surface area contributed by atoms with Crippen LogP contribution in [0, 0.1) is 25.2 Å². The van der Waals surface area contributed by atoms with E-state index in [4.69, 9.17) is 14.7 Å². The van der Waals surface area contributed by atoms with Crippen LogP contribution in [-0.2, 0) is 14.3 Å². The Morgan fingerprint density at radius 3 is 2.52 bits per heavy atom. The van der Waals surface area contributed by atoms with Crippen LogP contribution in [0.5, 0.6) is 11.5 Å². The molecule has 0 spiro atoms. The van der Waals surface area contributed by atoms with Crippen LogP contribution in [0.4, 0.5) is 0 Å². The van der Waals surface area contributed by atoms with Crippen LogP contribution in [0.1, 0.15) is 16.7 Å². The van der Waals surface area contributed by atoms with E-state index in [-0.39, 0.29) is 17.9 Å². The van der Waals surface area contributed by atoms with Crippen LogP contribution in [0.2, 0.25) is 0 Å². The number of benzene rings is 2. The fraction of sp³-hybridized carbons (Fsp3) is 0.190. The van der Waals surface area contributed by atoms with Crippen molar-refractivity contribution in [3.63, 3.8) is 0 Å². The molecule has 6 heteroatoms. The predicted octanol–water partition coefficient (Wildman–Crippen LogP) is 3.37. The summed E-state index contributed by atoms with van der Waals surface area (Å²) in [5.74, 6) is -0.437. The first-order chi connectivity index (χ1) is 12.9. The number of carbonyl (C=O) groups is 2. The molecule has 0 aliphatic rings. The maximum absolute atomic E-state index is 12.0. The van der Waals surface area contributed by atoms with Crippen molar-refractivity contribution in [3.8, 4) is 17.6 Å². The summed E-state index contributed by atoms with van der Waals surface area (Å²) in [7, 11) is 1.20. The third-order valence-corrected chi connectivity index (χ3v) is 3.76. The molecule has 6 nitrogen and oxygen atoms in total. The first-order valence-corrected chi connectivity index (χ1v) is 8.14. The van der Waals surface area contributed by atoms with Crippen molar-refractivity contribution in [2.45, 2.75) is 13.8 Å². The summed E-state index contributed by atoms with van der Waals surface area (Å²) in [5, 5.41) is 9.00. The average molecular weight is 365 g/mol. The van der Waals surface area contributed by atoms with Crippen LogP contribution in [0.25, 0.3) is 6.08 Å². The second-order valence-corrected chi connectivity index (χ2v) is 5.74. The van der Waals surface area contributed by atoms with Gasteiger partial charge in [0, 0.05) is 0 Å². The van der Waals surface area contributed by atoms with Crippen molar-refractivity contribution in [3.05, 3.63) is 64.7 Å². The molecule has 2 aromatic carbocycles. The molecule has 0 atom stereocenters. The van der Waals surface area contributed by atoms with Crippen LogP contribution in [0.15, 0.2) is 48.0 Å². The topological polar surface area (TPSA) is 85.6 Å². The molecular formula is C21H19NO5. The van der Waals surface area contributed by atoms with E-state index < -0.39 is 11.9 Å². The zero-order valence-corrected chi connectivity index (χ0v) is 15.3. The number of ether oxygens (including phenoxy) is 3. The Bertz CT molecular complexity index is 924. The molecule has 0 heterocycles. The fourth-order valence-corrected chi connectivity index (χ4v) is 2.19. The smallest absolute Gasteiger partial charge is 0.349 e. The summed E-state index contributed by atoms with van der Waals surface area (Å²) in [6, 6.07) is 13.8. The van der Waals surface area contributed by atoms with Gasteiger partial charge >= 0.3 is 11.9 Å². The number of rotatable bonds is 6. The lowest BCUT2D eigenvalue weighted by atomic mass is 10.1. The number of hydrogen-bond donors (Lipinski definition) is 0. The average Bonchev–Trinajstić information content (AvgIpc) is 2.66. The van der Waals surface area contributed by atoms with Gasteiger partial charge < -0.3 is 14.2 Å². The number of hydrogen-bond acceptors (Lipinski definition) is 6. The normalized spacial score (nSPS) is 10.7. The van der Waals surface area contributed by atoms with Crippen molar-refractivity contribution < 1.29 is 23.8 Å². The fourth-order valence-electron chi connectivity index (χ4n) is 2.19. The van der Waals surface area contributed by atoms with E-state index in [0.29, 0.717) is 11.3 Å². The van der Waals surface area contributed by atoms with E-state index in [0.717, 1.165) is 11.1 Å². The summed E-state index contributed by atoms with van der Waals surface area (Å²) in [6.45, 7) is 3.71. The number of nitrogens with zero attached hydrogens (tertiary/aromatic N) is 1. The number of esters is 2. The highest BCUT2D eigenvalue weighted by Crippen LogP contribution is 2.18. The molecule has 0 aliphatic carbocycles. The Balaban J connectivity index is 2.01. The Morgan fingerprint density at radius 2 is 1.85 bits per heavy atom. The van der Waals surface area contributed by atoms with Gasteiger partial charge in [0.1, 0.15) is 23.1 Å². The summed E-state index contributed by atoms with van der Waals surface area (Å²) < 4.78 is 15.2. The van der Waals surface area contributed by atoms with Gasteiger partial charge in [0.15, 0.2) is 6.61 Å². The molecule has 0 N–H and O–H groups in total. The number of nitriles is 1. The van der Waals surface area contributed by atoms with Gasteiger partial charge in [-0.05, 0) is 60.9 Å². The molecule has 0 unspecified atom stereocenters. The molecule has 2 aromatic rings. The standard InChI is InChI=1S/C21H19NO5/c1-14-7-8-18(9-15(14)2)26-13-20(23)27-19-6-4-5-16(11-19)10-17(12-22)21(24)25-3/h4-11H,13H2,1-3H3/b17-10+. The van der Waals surface area contributed by atoms with E-state index in [1.54, 1.807) is 30.3 Å². The minimum absolute atomic E-state index is 0.154. The first-order valence-electron chi connectivity index (χ1n) is 8.14. The summed E-state index contributed by atoms with van der Waals surface area (Å²) in [6.07, 6.45) is 1.36. The first kappa shape index (κ1) is 19.7. The lowest BCUT2D eigenvalue weighted by Crippen LogP contribution is -2.17. The molecule has 0 saturated carbocycles. The van der Waals surface area contributed by atoms with E-state index >= 15 is 0 Å². The third kappa shape index (κ3) is 5.72. The molecule has 0 aliphatic heterocycles.